The number of nitrogens with one attached hydrogen (secondary N) is 1. The number of rotatable bonds is 3. The van der Waals surface area contributed by atoms with E-state index in [-0.39, 0.29) is 11.9 Å². The molecule has 2 rings (SSSR count). The van der Waals surface area contributed by atoms with Gasteiger partial charge in [0.15, 0.2) is 0 Å². The van der Waals surface area contributed by atoms with Crippen LogP contribution in [0.25, 0.3) is 0 Å². The van der Waals surface area contributed by atoms with Crippen molar-refractivity contribution in [2.75, 3.05) is 18.4 Å². The van der Waals surface area contributed by atoms with Crippen molar-refractivity contribution in [3.8, 4) is 0 Å². The van der Waals surface area contributed by atoms with Gasteiger partial charge < -0.3 is 11.1 Å². The molecule has 0 aliphatic carbocycles. The van der Waals surface area contributed by atoms with Gasteiger partial charge in [0.25, 0.3) is 0 Å². The lowest BCUT2D eigenvalue weighted by atomic mass is 9.99. The number of anilines is 1. The lowest BCUT2D eigenvalue weighted by Gasteiger charge is -2.35. The summed E-state index contributed by atoms with van der Waals surface area (Å²) >= 11 is 0. The molecule has 4 heteroatoms. The first-order valence-electron chi connectivity index (χ1n) is 7.33. The number of aryl methyl sites for hydroxylation is 2. The molecule has 110 valence electrons. The second-order valence-electron chi connectivity index (χ2n) is 5.92. The summed E-state index contributed by atoms with van der Waals surface area (Å²) in [4.78, 5) is 14.4. The van der Waals surface area contributed by atoms with Crippen molar-refractivity contribution in [2.24, 2.45) is 5.73 Å². The van der Waals surface area contributed by atoms with Gasteiger partial charge in [-0.1, -0.05) is 18.2 Å². The van der Waals surface area contributed by atoms with Crippen LogP contribution in [0.3, 0.4) is 0 Å². The number of likely N-dealkylation sites (tertiary alicyclic amines) is 1. The fourth-order valence-electron chi connectivity index (χ4n) is 2.87. The molecule has 1 fully saturated rings. The van der Waals surface area contributed by atoms with Crippen molar-refractivity contribution in [2.45, 2.75) is 45.7 Å². The highest BCUT2D eigenvalue weighted by molar-refractivity contribution is 5.93. The van der Waals surface area contributed by atoms with Gasteiger partial charge >= 0.3 is 0 Å². The number of piperidine rings is 1. The van der Waals surface area contributed by atoms with Crippen LogP contribution in [0.5, 0.6) is 0 Å². The second kappa shape index (κ2) is 6.37. The first kappa shape index (κ1) is 15.0. The number of carbonyl (C=O) groups is 1. The zero-order valence-electron chi connectivity index (χ0n) is 12.6. The third-order valence-electron chi connectivity index (χ3n) is 4.15. The molecule has 1 aromatic rings. The maximum atomic E-state index is 12.2. The molecular weight excluding hydrogens is 250 g/mol. The Morgan fingerprint density at radius 3 is 2.65 bits per heavy atom. The molecule has 0 spiro atoms. The molecule has 3 N–H and O–H groups in total. The first-order valence-corrected chi connectivity index (χ1v) is 7.33. The lowest BCUT2D eigenvalue weighted by molar-refractivity contribution is -0.118. The molecule has 0 bridgehead atoms. The molecule has 1 aliphatic heterocycles. The summed E-state index contributed by atoms with van der Waals surface area (Å²) in [6.45, 7) is 7.53. The minimum Gasteiger partial charge on any atom is -0.328 e. The minimum atomic E-state index is 0.0599. The predicted octanol–water partition coefficient (Wildman–Crippen LogP) is 2.05. The Hall–Kier alpha value is -1.39. The molecule has 1 aliphatic rings. The zero-order valence-corrected chi connectivity index (χ0v) is 12.6. The third kappa shape index (κ3) is 3.58. The molecule has 1 heterocycles. The average Bonchev–Trinajstić information content (AvgIpc) is 2.37. The minimum absolute atomic E-state index is 0.0599. The fraction of sp³-hybridized carbons (Fsp3) is 0.562. The number of nitrogens with zero attached hydrogens (tertiary/aromatic N) is 1. The van der Waals surface area contributed by atoms with Gasteiger partial charge in [0.1, 0.15) is 0 Å². The van der Waals surface area contributed by atoms with Gasteiger partial charge in [-0.3, -0.25) is 9.69 Å². The van der Waals surface area contributed by atoms with E-state index in [0.29, 0.717) is 12.6 Å². The molecule has 1 amide bonds. The van der Waals surface area contributed by atoms with E-state index in [1.54, 1.807) is 0 Å². The van der Waals surface area contributed by atoms with Crippen molar-refractivity contribution in [1.29, 1.82) is 0 Å². The Bertz CT molecular complexity index is 466. The van der Waals surface area contributed by atoms with Gasteiger partial charge in [0.05, 0.1) is 6.54 Å². The smallest absolute Gasteiger partial charge is 0.238 e. The van der Waals surface area contributed by atoms with Crippen molar-refractivity contribution in [3.05, 3.63) is 29.3 Å². The van der Waals surface area contributed by atoms with Crippen LogP contribution in [0, 0.1) is 13.8 Å². The van der Waals surface area contributed by atoms with Crippen LogP contribution in [0.4, 0.5) is 5.69 Å². The quantitative estimate of drug-likeness (QED) is 0.887. The van der Waals surface area contributed by atoms with Crippen LogP contribution in [0.2, 0.25) is 0 Å². The largest absolute Gasteiger partial charge is 0.328 e. The molecule has 0 aromatic heterocycles. The van der Waals surface area contributed by atoms with Crippen molar-refractivity contribution < 1.29 is 4.79 Å². The highest BCUT2D eigenvalue weighted by atomic mass is 16.2. The molecular formula is C16H25N3O. The number of nitrogens with two attached hydrogens (primary N) is 1. The maximum Gasteiger partial charge on any atom is 0.238 e. The van der Waals surface area contributed by atoms with Crippen LogP contribution in [-0.2, 0) is 4.79 Å². The molecule has 1 aromatic carbocycles. The number of hydrogen-bond donors (Lipinski definition) is 2. The van der Waals surface area contributed by atoms with E-state index in [9.17, 15) is 4.79 Å². The average molecular weight is 275 g/mol. The van der Waals surface area contributed by atoms with E-state index in [0.717, 1.165) is 36.2 Å². The number of para-hydroxylation sites is 1. The highest BCUT2D eigenvalue weighted by Gasteiger charge is 2.24. The van der Waals surface area contributed by atoms with Crippen LogP contribution >= 0.6 is 0 Å². The van der Waals surface area contributed by atoms with Gasteiger partial charge in [-0.2, -0.15) is 0 Å². The summed E-state index contributed by atoms with van der Waals surface area (Å²) in [5, 5.41) is 3.05. The van der Waals surface area contributed by atoms with E-state index in [4.69, 9.17) is 5.73 Å². The highest BCUT2D eigenvalue weighted by Crippen LogP contribution is 2.20. The molecule has 20 heavy (non-hydrogen) atoms. The van der Waals surface area contributed by atoms with Crippen LogP contribution in [0.15, 0.2) is 18.2 Å². The molecule has 2 unspecified atom stereocenters. The van der Waals surface area contributed by atoms with Gasteiger partial charge in [-0.25, -0.2) is 0 Å². The summed E-state index contributed by atoms with van der Waals surface area (Å²) in [5.41, 5.74) is 9.11. The van der Waals surface area contributed by atoms with E-state index >= 15 is 0 Å². The lowest BCUT2D eigenvalue weighted by Crippen LogP contribution is -2.48. The molecule has 1 saturated heterocycles. The third-order valence-corrected chi connectivity index (χ3v) is 4.15. The Morgan fingerprint density at radius 2 is 2.05 bits per heavy atom. The maximum absolute atomic E-state index is 12.2. The number of amides is 1. The zero-order chi connectivity index (χ0) is 14.7. The first-order chi connectivity index (χ1) is 9.47. The Balaban J connectivity index is 1.96. The van der Waals surface area contributed by atoms with Crippen molar-refractivity contribution in [1.82, 2.24) is 4.90 Å². The molecule has 2 atom stereocenters. The Kier molecular flexibility index (Phi) is 4.78. The van der Waals surface area contributed by atoms with Crippen LogP contribution < -0.4 is 11.1 Å². The Morgan fingerprint density at radius 1 is 1.40 bits per heavy atom. The SMILES string of the molecule is Cc1cccc(C)c1NC(=O)CN1CCC(N)CC1C. The summed E-state index contributed by atoms with van der Waals surface area (Å²) in [7, 11) is 0. The van der Waals surface area contributed by atoms with E-state index < -0.39 is 0 Å². The summed E-state index contributed by atoms with van der Waals surface area (Å²) in [6.07, 6.45) is 1.94. The van der Waals surface area contributed by atoms with E-state index in [1.165, 1.54) is 0 Å². The summed E-state index contributed by atoms with van der Waals surface area (Å²) in [5.74, 6) is 0.0599. The molecule has 4 nitrogen and oxygen atoms in total. The number of benzene rings is 1. The van der Waals surface area contributed by atoms with Crippen molar-refractivity contribution in [3.63, 3.8) is 0 Å². The van der Waals surface area contributed by atoms with Crippen LogP contribution in [-0.4, -0.2) is 36.0 Å². The summed E-state index contributed by atoms with van der Waals surface area (Å²) in [6, 6.07) is 6.70. The second-order valence-corrected chi connectivity index (χ2v) is 5.92. The van der Waals surface area contributed by atoms with E-state index in [2.05, 4.69) is 17.1 Å². The van der Waals surface area contributed by atoms with Crippen molar-refractivity contribution >= 4 is 11.6 Å². The van der Waals surface area contributed by atoms with Gasteiger partial charge in [-0.15, -0.1) is 0 Å². The van der Waals surface area contributed by atoms with Gasteiger partial charge in [0, 0.05) is 24.3 Å². The topological polar surface area (TPSA) is 58.4 Å². The molecule has 0 radical (unpaired) electrons. The summed E-state index contributed by atoms with van der Waals surface area (Å²) < 4.78 is 0. The van der Waals surface area contributed by atoms with Crippen LogP contribution in [0.1, 0.15) is 30.9 Å². The van der Waals surface area contributed by atoms with Gasteiger partial charge in [-0.05, 0) is 44.7 Å². The molecule has 0 saturated carbocycles. The van der Waals surface area contributed by atoms with Gasteiger partial charge in [0.2, 0.25) is 5.91 Å². The standard InChI is InChI=1S/C16H25N3O/c1-11-5-4-6-12(2)16(11)18-15(20)10-19-8-7-14(17)9-13(19)3/h4-6,13-14H,7-10,17H2,1-3H3,(H,18,20). The monoisotopic (exact) mass is 275 g/mol. The predicted molar refractivity (Wildman–Crippen MR) is 82.8 cm³/mol. The number of hydrogen-bond acceptors (Lipinski definition) is 3. The van der Waals surface area contributed by atoms with E-state index in [1.807, 2.05) is 32.0 Å². The normalized spacial score (nSPS) is 23.6. The Labute approximate surface area is 121 Å². The fourth-order valence-corrected chi connectivity index (χ4v) is 2.87. The number of carbonyl (C=O) groups excluding carboxylic acids is 1.